The molecule has 0 radical (unpaired) electrons. The van der Waals surface area contributed by atoms with E-state index in [0.717, 1.165) is 35.3 Å². The SMILES string of the molecule is COc1ccc(C(C)NC(C)C(=O)N2CCc3sccc3C2)cc1Br. The zero-order valence-electron chi connectivity index (χ0n) is 14.7. The Labute approximate surface area is 161 Å². The van der Waals surface area contributed by atoms with Gasteiger partial charge in [-0.2, -0.15) is 0 Å². The fourth-order valence-corrected chi connectivity index (χ4v) is 4.65. The quantitative estimate of drug-likeness (QED) is 0.786. The van der Waals surface area contributed by atoms with Gasteiger partial charge in [0.25, 0.3) is 0 Å². The van der Waals surface area contributed by atoms with E-state index in [1.54, 1.807) is 18.4 Å². The van der Waals surface area contributed by atoms with Crippen molar-refractivity contribution in [2.24, 2.45) is 0 Å². The number of hydrogen-bond acceptors (Lipinski definition) is 4. The summed E-state index contributed by atoms with van der Waals surface area (Å²) in [6, 6.07) is 7.98. The highest BCUT2D eigenvalue weighted by atomic mass is 79.9. The molecule has 134 valence electrons. The highest BCUT2D eigenvalue weighted by Gasteiger charge is 2.26. The zero-order valence-corrected chi connectivity index (χ0v) is 17.1. The number of nitrogens with one attached hydrogen (secondary N) is 1. The summed E-state index contributed by atoms with van der Waals surface area (Å²) in [5.74, 6) is 0.969. The Hall–Kier alpha value is -1.37. The molecule has 1 aliphatic heterocycles. The number of amides is 1. The van der Waals surface area contributed by atoms with E-state index in [0.29, 0.717) is 0 Å². The number of ether oxygens (including phenoxy) is 1. The molecule has 0 saturated heterocycles. The van der Waals surface area contributed by atoms with Crippen molar-refractivity contribution in [2.75, 3.05) is 13.7 Å². The Balaban J connectivity index is 1.62. The first-order valence-corrected chi connectivity index (χ1v) is 10.1. The molecule has 0 saturated carbocycles. The summed E-state index contributed by atoms with van der Waals surface area (Å²) in [5.41, 5.74) is 2.41. The van der Waals surface area contributed by atoms with Crippen LogP contribution in [0.3, 0.4) is 0 Å². The Morgan fingerprint density at radius 1 is 1.36 bits per heavy atom. The molecule has 0 bridgehead atoms. The average molecular weight is 423 g/mol. The van der Waals surface area contributed by atoms with Crippen LogP contribution >= 0.6 is 27.3 Å². The number of methoxy groups -OCH3 is 1. The second kappa shape index (κ2) is 7.89. The van der Waals surface area contributed by atoms with Gasteiger partial charge in [0.1, 0.15) is 5.75 Å². The third-order valence-electron chi connectivity index (χ3n) is 4.67. The maximum atomic E-state index is 12.8. The molecule has 6 heteroatoms. The fourth-order valence-electron chi connectivity index (χ4n) is 3.20. The highest BCUT2D eigenvalue weighted by Crippen LogP contribution is 2.28. The van der Waals surface area contributed by atoms with Crippen molar-refractivity contribution in [2.45, 2.75) is 38.9 Å². The molecule has 25 heavy (non-hydrogen) atoms. The Bertz CT molecular complexity index is 762. The maximum Gasteiger partial charge on any atom is 0.239 e. The number of nitrogens with zero attached hydrogens (tertiary/aromatic N) is 1. The van der Waals surface area contributed by atoms with Crippen molar-refractivity contribution >= 4 is 33.2 Å². The smallest absolute Gasteiger partial charge is 0.239 e. The van der Waals surface area contributed by atoms with Crippen LogP contribution in [0.15, 0.2) is 34.1 Å². The van der Waals surface area contributed by atoms with Crippen molar-refractivity contribution < 1.29 is 9.53 Å². The second-order valence-corrected chi connectivity index (χ2v) is 8.24. The third-order valence-corrected chi connectivity index (χ3v) is 6.31. The van der Waals surface area contributed by atoms with E-state index in [2.05, 4.69) is 39.6 Å². The van der Waals surface area contributed by atoms with Gasteiger partial charge in [0, 0.05) is 24.0 Å². The van der Waals surface area contributed by atoms with Gasteiger partial charge in [-0.25, -0.2) is 0 Å². The molecule has 0 aliphatic carbocycles. The minimum Gasteiger partial charge on any atom is -0.496 e. The van der Waals surface area contributed by atoms with Crippen molar-refractivity contribution in [3.63, 3.8) is 0 Å². The standard InChI is InChI=1S/C19H23BrN2O2S/c1-12(14-4-5-17(24-3)16(20)10-14)21-13(2)19(23)22-8-6-18-15(11-22)7-9-25-18/h4-5,7,9-10,12-13,21H,6,8,11H2,1-3H3. The van der Waals surface area contributed by atoms with E-state index in [1.807, 2.05) is 30.0 Å². The molecule has 2 heterocycles. The molecule has 2 aromatic rings. The summed E-state index contributed by atoms with van der Waals surface area (Å²) in [7, 11) is 1.65. The van der Waals surface area contributed by atoms with E-state index in [4.69, 9.17) is 4.74 Å². The van der Waals surface area contributed by atoms with Gasteiger partial charge in [-0.15, -0.1) is 11.3 Å². The number of fused-ring (bicyclic) bond motifs is 1. The second-order valence-electron chi connectivity index (χ2n) is 6.38. The Morgan fingerprint density at radius 2 is 2.16 bits per heavy atom. The molecule has 1 aromatic carbocycles. The largest absolute Gasteiger partial charge is 0.496 e. The molecule has 1 N–H and O–H groups in total. The lowest BCUT2D eigenvalue weighted by Crippen LogP contribution is -2.47. The first kappa shape index (κ1) is 18.4. The number of carbonyl (C=O) groups excluding carboxylic acids is 1. The summed E-state index contributed by atoms with van der Waals surface area (Å²) in [6.07, 6.45) is 0.965. The van der Waals surface area contributed by atoms with E-state index in [1.165, 1.54) is 10.4 Å². The molecule has 0 spiro atoms. The van der Waals surface area contributed by atoms with Gasteiger partial charge in [0.15, 0.2) is 0 Å². The summed E-state index contributed by atoms with van der Waals surface area (Å²) in [4.78, 5) is 16.2. The van der Waals surface area contributed by atoms with Crippen molar-refractivity contribution in [3.8, 4) is 5.75 Å². The van der Waals surface area contributed by atoms with Gasteiger partial charge in [-0.1, -0.05) is 6.07 Å². The lowest BCUT2D eigenvalue weighted by molar-refractivity contribution is -0.134. The minimum absolute atomic E-state index is 0.0719. The molecule has 2 unspecified atom stereocenters. The number of thiophene rings is 1. The van der Waals surface area contributed by atoms with Crippen LogP contribution in [0.2, 0.25) is 0 Å². The predicted molar refractivity (Wildman–Crippen MR) is 105 cm³/mol. The van der Waals surface area contributed by atoms with Gasteiger partial charge >= 0.3 is 0 Å². The molecule has 3 rings (SSSR count). The first-order valence-electron chi connectivity index (χ1n) is 8.43. The van der Waals surface area contributed by atoms with Crippen LogP contribution in [0.5, 0.6) is 5.75 Å². The van der Waals surface area contributed by atoms with Crippen LogP contribution < -0.4 is 10.1 Å². The van der Waals surface area contributed by atoms with Crippen LogP contribution in [0.1, 0.15) is 35.9 Å². The summed E-state index contributed by atoms with van der Waals surface area (Å²) in [5, 5.41) is 5.54. The fraction of sp³-hybridized carbons (Fsp3) is 0.421. The number of hydrogen-bond donors (Lipinski definition) is 1. The van der Waals surface area contributed by atoms with Crippen LogP contribution in [-0.2, 0) is 17.8 Å². The van der Waals surface area contributed by atoms with Crippen LogP contribution in [0, 0.1) is 0 Å². The average Bonchev–Trinajstić information content (AvgIpc) is 3.08. The number of benzene rings is 1. The van der Waals surface area contributed by atoms with E-state index >= 15 is 0 Å². The van der Waals surface area contributed by atoms with E-state index in [9.17, 15) is 4.79 Å². The van der Waals surface area contributed by atoms with Crippen molar-refractivity contribution in [3.05, 3.63) is 50.1 Å². The molecule has 0 fully saturated rings. The normalized spacial score (nSPS) is 16.2. The molecular weight excluding hydrogens is 400 g/mol. The van der Waals surface area contributed by atoms with Gasteiger partial charge in [0.2, 0.25) is 5.91 Å². The first-order chi connectivity index (χ1) is 12.0. The highest BCUT2D eigenvalue weighted by molar-refractivity contribution is 9.10. The van der Waals surface area contributed by atoms with Gasteiger partial charge in [-0.3, -0.25) is 10.1 Å². The number of halogens is 1. The van der Waals surface area contributed by atoms with E-state index in [-0.39, 0.29) is 18.0 Å². The molecule has 2 atom stereocenters. The Kier molecular flexibility index (Phi) is 5.81. The molecular formula is C19H23BrN2O2S. The molecule has 1 aromatic heterocycles. The van der Waals surface area contributed by atoms with Crippen molar-refractivity contribution in [1.82, 2.24) is 10.2 Å². The van der Waals surface area contributed by atoms with Crippen molar-refractivity contribution in [1.29, 1.82) is 0 Å². The number of rotatable bonds is 5. The maximum absolute atomic E-state index is 12.8. The Morgan fingerprint density at radius 3 is 2.88 bits per heavy atom. The minimum atomic E-state index is -0.226. The zero-order chi connectivity index (χ0) is 18.0. The van der Waals surface area contributed by atoms with Gasteiger partial charge < -0.3 is 9.64 Å². The van der Waals surface area contributed by atoms with Gasteiger partial charge in [0.05, 0.1) is 17.6 Å². The monoisotopic (exact) mass is 422 g/mol. The lowest BCUT2D eigenvalue weighted by Gasteiger charge is -2.31. The molecule has 4 nitrogen and oxygen atoms in total. The molecule has 1 amide bonds. The number of carbonyl (C=O) groups is 1. The summed E-state index contributed by atoms with van der Waals surface area (Å²) in [6.45, 7) is 5.55. The van der Waals surface area contributed by atoms with Crippen LogP contribution in [-0.4, -0.2) is 30.5 Å². The van der Waals surface area contributed by atoms with Crippen LogP contribution in [0.25, 0.3) is 0 Å². The lowest BCUT2D eigenvalue weighted by atomic mass is 10.1. The predicted octanol–water partition coefficient (Wildman–Crippen LogP) is 4.14. The third kappa shape index (κ3) is 4.07. The summed E-state index contributed by atoms with van der Waals surface area (Å²) >= 11 is 5.31. The topological polar surface area (TPSA) is 41.6 Å². The summed E-state index contributed by atoms with van der Waals surface area (Å²) < 4.78 is 6.19. The van der Waals surface area contributed by atoms with E-state index < -0.39 is 0 Å². The molecule has 1 aliphatic rings. The van der Waals surface area contributed by atoms with Crippen LogP contribution in [0.4, 0.5) is 0 Å². The van der Waals surface area contributed by atoms with Gasteiger partial charge in [-0.05, 0) is 70.9 Å².